The summed E-state index contributed by atoms with van der Waals surface area (Å²) in [6.45, 7) is 7.08. The summed E-state index contributed by atoms with van der Waals surface area (Å²) in [4.78, 5) is 29.1. The molecule has 1 saturated carbocycles. The van der Waals surface area contributed by atoms with Gasteiger partial charge in [0.2, 0.25) is 11.8 Å². The number of amides is 2. The van der Waals surface area contributed by atoms with Crippen LogP contribution >= 0.6 is 15.9 Å². The number of benzene rings is 3. The van der Waals surface area contributed by atoms with E-state index in [1.165, 1.54) is 4.90 Å². The average Bonchev–Trinajstić information content (AvgIpc) is 3.42. The molecule has 0 aliphatic heterocycles. The van der Waals surface area contributed by atoms with Crippen LogP contribution in [0.1, 0.15) is 54.9 Å². The topological polar surface area (TPSA) is 86.8 Å². The Morgan fingerprint density at radius 3 is 2.17 bits per heavy atom. The molecule has 4 rings (SSSR count). The fraction of sp³-hybridized carbons (Fsp3) is 0.375. The van der Waals surface area contributed by atoms with E-state index in [1.54, 1.807) is 43.3 Å². The van der Waals surface area contributed by atoms with Crippen LogP contribution in [0.15, 0.2) is 76.1 Å². The predicted molar refractivity (Wildman–Crippen MR) is 166 cm³/mol. The fourth-order valence-electron chi connectivity index (χ4n) is 5.27. The molecular weight excluding hydrogens is 602 g/mol. The summed E-state index contributed by atoms with van der Waals surface area (Å²) in [6, 6.07) is 18.9. The first kappa shape index (κ1) is 30.8. The second-order valence-electron chi connectivity index (χ2n) is 11.0. The summed E-state index contributed by atoms with van der Waals surface area (Å²) in [7, 11) is -4.10. The Labute approximate surface area is 252 Å². The first-order chi connectivity index (χ1) is 19.4. The number of sulfonamides is 1. The number of rotatable bonds is 10. The molecule has 7 nitrogen and oxygen atoms in total. The number of nitrogens with one attached hydrogen (secondary N) is 1. The van der Waals surface area contributed by atoms with Gasteiger partial charge in [-0.25, -0.2) is 8.42 Å². The molecule has 0 saturated heterocycles. The first-order valence-corrected chi connectivity index (χ1v) is 16.2. The van der Waals surface area contributed by atoms with Crippen LogP contribution in [0.5, 0.6) is 0 Å². The summed E-state index contributed by atoms with van der Waals surface area (Å²) < 4.78 is 30.1. The van der Waals surface area contributed by atoms with Gasteiger partial charge in [0.15, 0.2) is 0 Å². The van der Waals surface area contributed by atoms with E-state index in [2.05, 4.69) is 21.2 Å². The molecule has 9 heteroatoms. The van der Waals surface area contributed by atoms with E-state index in [-0.39, 0.29) is 23.4 Å². The van der Waals surface area contributed by atoms with Crippen molar-refractivity contribution < 1.29 is 18.0 Å². The maximum Gasteiger partial charge on any atom is 0.264 e. The smallest absolute Gasteiger partial charge is 0.264 e. The van der Waals surface area contributed by atoms with Crippen molar-refractivity contribution in [2.75, 3.05) is 10.8 Å². The molecule has 0 radical (unpaired) electrons. The maximum atomic E-state index is 14.1. The van der Waals surface area contributed by atoms with Gasteiger partial charge in [-0.05, 0) is 93.6 Å². The number of nitrogens with zero attached hydrogens (tertiary/aromatic N) is 2. The van der Waals surface area contributed by atoms with E-state index in [9.17, 15) is 18.0 Å². The van der Waals surface area contributed by atoms with Crippen LogP contribution in [-0.2, 0) is 26.2 Å². The quantitative estimate of drug-likeness (QED) is 0.293. The minimum Gasteiger partial charge on any atom is -0.352 e. The highest BCUT2D eigenvalue weighted by atomic mass is 79.9. The molecule has 0 bridgehead atoms. The van der Waals surface area contributed by atoms with E-state index in [1.807, 2.05) is 51.1 Å². The summed E-state index contributed by atoms with van der Waals surface area (Å²) >= 11 is 3.48. The van der Waals surface area contributed by atoms with Crippen molar-refractivity contribution in [2.24, 2.45) is 0 Å². The summed E-state index contributed by atoms with van der Waals surface area (Å²) in [5, 5.41) is 3.10. The van der Waals surface area contributed by atoms with Crippen LogP contribution in [0.4, 0.5) is 5.69 Å². The maximum absolute atomic E-state index is 14.1. The zero-order valence-corrected chi connectivity index (χ0v) is 26.5. The Bertz CT molecular complexity index is 1480. The lowest BCUT2D eigenvalue weighted by molar-refractivity contribution is -0.139. The van der Waals surface area contributed by atoms with Crippen molar-refractivity contribution in [1.29, 1.82) is 0 Å². The molecule has 3 aromatic rings. The van der Waals surface area contributed by atoms with Crippen molar-refractivity contribution in [2.45, 2.75) is 76.9 Å². The molecule has 1 N–H and O–H groups in total. The Morgan fingerprint density at radius 2 is 1.56 bits per heavy atom. The second kappa shape index (κ2) is 13.2. The molecule has 3 aromatic carbocycles. The number of carbonyl (C=O) groups excluding carboxylic acids is 2. The summed E-state index contributed by atoms with van der Waals surface area (Å²) in [6.07, 6.45) is 3.99. The van der Waals surface area contributed by atoms with Gasteiger partial charge in [0, 0.05) is 17.1 Å². The van der Waals surface area contributed by atoms with Gasteiger partial charge in [-0.2, -0.15) is 0 Å². The molecule has 1 aliphatic carbocycles. The standard InChI is InChI=1S/C32H38BrN3O4S/c1-22-12-14-30(15-13-22)41(39,40)36(29-17-23(2)16-24(3)18-29)21-31(37)35(20-26-8-7-9-27(33)19-26)25(4)32(38)34-28-10-5-6-11-28/h7-9,12-19,25,28H,5-6,10-11,20-21H2,1-4H3,(H,34,38)/t25-/m0/s1. The average molecular weight is 641 g/mol. The fourth-order valence-corrected chi connectivity index (χ4v) is 7.11. The van der Waals surface area contributed by atoms with Crippen LogP contribution in [0.2, 0.25) is 0 Å². The molecule has 2 amide bonds. The third kappa shape index (κ3) is 7.77. The van der Waals surface area contributed by atoms with E-state index >= 15 is 0 Å². The predicted octanol–water partition coefficient (Wildman–Crippen LogP) is 6.05. The highest BCUT2D eigenvalue weighted by Crippen LogP contribution is 2.27. The van der Waals surface area contributed by atoms with Crippen LogP contribution in [0.25, 0.3) is 0 Å². The van der Waals surface area contributed by atoms with Crippen molar-refractivity contribution in [3.63, 3.8) is 0 Å². The van der Waals surface area contributed by atoms with Crippen LogP contribution in [-0.4, -0.2) is 43.8 Å². The minimum absolute atomic E-state index is 0.0978. The van der Waals surface area contributed by atoms with Crippen molar-refractivity contribution in [1.82, 2.24) is 10.2 Å². The Kier molecular flexibility index (Phi) is 9.92. The van der Waals surface area contributed by atoms with Gasteiger partial charge in [0.05, 0.1) is 10.6 Å². The number of halogens is 1. The van der Waals surface area contributed by atoms with Gasteiger partial charge in [0.1, 0.15) is 12.6 Å². The van der Waals surface area contributed by atoms with Gasteiger partial charge >= 0.3 is 0 Å². The molecule has 1 atom stereocenters. The van der Waals surface area contributed by atoms with Gasteiger partial charge in [-0.15, -0.1) is 0 Å². The Hall–Kier alpha value is -3.17. The number of carbonyl (C=O) groups is 2. The molecule has 0 heterocycles. The molecule has 218 valence electrons. The van der Waals surface area contributed by atoms with Crippen molar-refractivity contribution in [3.05, 3.63) is 93.5 Å². The Balaban J connectivity index is 1.71. The minimum atomic E-state index is -4.10. The Morgan fingerprint density at radius 1 is 0.927 bits per heavy atom. The van der Waals surface area contributed by atoms with Gasteiger partial charge in [-0.1, -0.05) is 64.7 Å². The van der Waals surface area contributed by atoms with Gasteiger partial charge in [-0.3, -0.25) is 13.9 Å². The van der Waals surface area contributed by atoms with Crippen LogP contribution in [0.3, 0.4) is 0 Å². The summed E-state index contributed by atoms with van der Waals surface area (Å²) in [5.74, 6) is -0.700. The molecule has 1 fully saturated rings. The normalized spacial score (nSPS) is 14.5. The number of hydrogen-bond donors (Lipinski definition) is 1. The van der Waals surface area contributed by atoms with Crippen molar-refractivity contribution >= 4 is 43.5 Å². The SMILES string of the molecule is Cc1ccc(S(=O)(=O)N(CC(=O)N(Cc2cccc(Br)c2)[C@@H](C)C(=O)NC2CCCC2)c2cc(C)cc(C)c2)cc1. The van der Waals surface area contributed by atoms with Gasteiger partial charge < -0.3 is 10.2 Å². The molecule has 0 unspecified atom stereocenters. The van der Waals surface area contributed by atoms with Crippen LogP contribution < -0.4 is 9.62 Å². The third-order valence-electron chi connectivity index (χ3n) is 7.49. The number of hydrogen-bond acceptors (Lipinski definition) is 4. The molecule has 1 aliphatic rings. The lowest BCUT2D eigenvalue weighted by atomic mass is 10.1. The molecule has 0 aromatic heterocycles. The summed E-state index contributed by atoms with van der Waals surface area (Å²) in [5.41, 5.74) is 3.92. The monoisotopic (exact) mass is 639 g/mol. The highest BCUT2D eigenvalue weighted by molar-refractivity contribution is 9.10. The van der Waals surface area contributed by atoms with Crippen molar-refractivity contribution in [3.8, 4) is 0 Å². The van der Waals surface area contributed by atoms with E-state index in [0.717, 1.165) is 56.7 Å². The van der Waals surface area contributed by atoms with E-state index in [4.69, 9.17) is 0 Å². The van der Waals surface area contributed by atoms with Crippen LogP contribution in [0, 0.1) is 20.8 Å². The van der Waals surface area contributed by atoms with E-state index in [0.29, 0.717) is 5.69 Å². The zero-order valence-electron chi connectivity index (χ0n) is 24.1. The molecule has 0 spiro atoms. The first-order valence-electron chi connectivity index (χ1n) is 14.0. The zero-order chi connectivity index (χ0) is 29.7. The highest BCUT2D eigenvalue weighted by Gasteiger charge is 2.33. The third-order valence-corrected chi connectivity index (χ3v) is 9.77. The lowest BCUT2D eigenvalue weighted by Crippen LogP contribution is -2.52. The number of aryl methyl sites for hydroxylation is 3. The van der Waals surface area contributed by atoms with E-state index < -0.39 is 28.5 Å². The second-order valence-corrected chi connectivity index (χ2v) is 13.8. The number of anilines is 1. The van der Waals surface area contributed by atoms with Gasteiger partial charge in [0.25, 0.3) is 10.0 Å². The lowest BCUT2D eigenvalue weighted by Gasteiger charge is -2.32. The largest absolute Gasteiger partial charge is 0.352 e. The molecule has 41 heavy (non-hydrogen) atoms. The molecular formula is C32H38BrN3O4S.